The summed E-state index contributed by atoms with van der Waals surface area (Å²) in [7, 11) is 0. The van der Waals surface area contributed by atoms with E-state index >= 15 is 0 Å². The van der Waals surface area contributed by atoms with Crippen LogP contribution in [0.15, 0.2) is 45.5 Å². The van der Waals surface area contributed by atoms with Crippen molar-refractivity contribution in [3.63, 3.8) is 0 Å². The molecule has 96 valence electrons. The topological polar surface area (TPSA) is 34.4 Å². The van der Waals surface area contributed by atoms with Crippen LogP contribution >= 0.6 is 15.9 Å². The first-order valence-electron chi connectivity index (χ1n) is 5.93. The van der Waals surface area contributed by atoms with Crippen molar-refractivity contribution >= 4 is 21.6 Å². The predicted octanol–water partition coefficient (Wildman–Crippen LogP) is 4.61. The maximum atomic E-state index is 5.52. The third-order valence-electron chi connectivity index (χ3n) is 2.55. The van der Waals surface area contributed by atoms with Gasteiger partial charge in [0.05, 0.1) is 12.6 Å². The SMILES string of the molecule is CCOc1cccc(NC(C)c2ccc(Br)o2)c1. The van der Waals surface area contributed by atoms with Crippen LogP contribution in [0.5, 0.6) is 5.75 Å². The average Bonchev–Trinajstić information content (AvgIpc) is 2.77. The van der Waals surface area contributed by atoms with Crippen LogP contribution < -0.4 is 10.1 Å². The zero-order valence-electron chi connectivity index (χ0n) is 10.4. The largest absolute Gasteiger partial charge is 0.494 e. The molecule has 2 aromatic rings. The van der Waals surface area contributed by atoms with Crippen molar-refractivity contribution < 1.29 is 9.15 Å². The summed E-state index contributed by atoms with van der Waals surface area (Å²) >= 11 is 3.30. The first-order valence-corrected chi connectivity index (χ1v) is 6.73. The van der Waals surface area contributed by atoms with Gasteiger partial charge in [0, 0.05) is 11.8 Å². The summed E-state index contributed by atoms with van der Waals surface area (Å²) in [4.78, 5) is 0. The molecule has 4 heteroatoms. The smallest absolute Gasteiger partial charge is 0.169 e. The van der Waals surface area contributed by atoms with E-state index in [-0.39, 0.29) is 6.04 Å². The Morgan fingerprint density at radius 3 is 2.83 bits per heavy atom. The molecule has 0 bridgehead atoms. The molecule has 2 rings (SSSR count). The number of halogens is 1. The van der Waals surface area contributed by atoms with Gasteiger partial charge in [-0.25, -0.2) is 0 Å². The van der Waals surface area contributed by atoms with Crippen molar-refractivity contribution in [1.29, 1.82) is 0 Å². The number of nitrogens with one attached hydrogen (secondary N) is 1. The standard InChI is InChI=1S/C14H16BrNO2/c1-3-17-12-6-4-5-11(9-12)16-10(2)13-7-8-14(15)18-13/h4-10,16H,3H2,1-2H3. The molecule has 0 aliphatic carbocycles. The second-order valence-electron chi connectivity index (χ2n) is 3.97. The summed E-state index contributed by atoms with van der Waals surface area (Å²) in [6, 6.07) is 11.9. The van der Waals surface area contributed by atoms with Crippen LogP contribution in [0.2, 0.25) is 0 Å². The second-order valence-corrected chi connectivity index (χ2v) is 4.75. The molecule has 0 radical (unpaired) electrons. The van der Waals surface area contributed by atoms with Crippen LogP contribution in [0, 0.1) is 0 Å². The highest BCUT2D eigenvalue weighted by Gasteiger charge is 2.09. The molecule has 0 aliphatic heterocycles. The Labute approximate surface area is 115 Å². The minimum atomic E-state index is 0.105. The van der Waals surface area contributed by atoms with E-state index in [1.54, 1.807) is 0 Å². The molecule has 1 N–H and O–H groups in total. The van der Waals surface area contributed by atoms with Crippen LogP contribution in [-0.2, 0) is 0 Å². The zero-order chi connectivity index (χ0) is 13.0. The quantitative estimate of drug-likeness (QED) is 0.875. The summed E-state index contributed by atoms with van der Waals surface area (Å²) in [5.41, 5.74) is 1.01. The number of benzene rings is 1. The third-order valence-corrected chi connectivity index (χ3v) is 2.98. The molecule has 0 fully saturated rings. The molecule has 18 heavy (non-hydrogen) atoms. The number of hydrogen-bond donors (Lipinski definition) is 1. The van der Waals surface area contributed by atoms with Gasteiger partial charge in [-0.15, -0.1) is 0 Å². The lowest BCUT2D eigenvalue weighted by Gasteiger charge is -2.13. The Morgan fingerprint density at radius 1 is 1.33 bits per heavy atom. The number of ether oxygens (including phenoxy) is 1. The number of hydrogen-bond acceptors (Lipinski definition) is 3. The van der Waals surface area contributed by atoms with Gasteiger partial charge in [-0.3, -0.25) is 0 Å². The van der Waals surface area contributed by atoms with Crippen molar-refractivity contribution in [2.45, 2.75) is 19.9 Å². The maximum absolute atomic E-state index is 5.52. The molecule has 0 spiro atoms. The summed E-state index contributed by atoms with van der Waals surface area (Å²) in [6.45, 7) is 4.70. The Kier molecular flexibility index (Phi) is 4.31. The lowest BCUT2D eigenvalue weighted by Crippen LogP contribution is -2.05. The molecule has 0 saturated heterocycles. The van der Waals surface area contributed by atoms with E-state index in [1.165, 1.54) is 0 Å². The minimum absolute atomic E-state index is 0.105. The van der Waals surface area contributed by atoms with E-state index in [0.29, 0.717) is 6.61 Å². The Hall–Kier alpha value is -1.42. The van der Waals surface area contributed by atoms with Crippen LogP contribution in [0.3, 0.4) is 0 Å². The lowest BCUT2D eigenvalue weighted by molar-refractivity contribution is 0.340. The number of furan rings is 1. The second kappa shape index (κ2) is 5.96. The van der Waals surface area contributed by atoms with Gasteiger partial charge in [0.15, 0.2) is 4.67 Å². The Bertz CT molecular complexity index is 510. The molecule has 1 unspecified atom stereocenters. The molecule has 1 atom stereocenters. The normalized spacial score (nSPS) is 12.2. The molecule has 3 nitrogen and oxygen atoms in total. The number of anilines is 1. The van der Waals surface area contributed by atoms with Gasteiger partial charge < -0.3 is 14.5 Å². The van der Waals surface area contributed by atoms with Gasteiger partial charge >= 0.3 is 0 Å². The average molecular weight is 310 g/mol. The summed E-state index contributed by atoms with van der Waals surface area (Å²) in [5, 5.41) is 3.38. The molecule has 1 aromatic heterocycles. The van der Waals surface area contributed by atoms with Gasteiger partial charge in [-0.2, -0.15) is 0 Å². The van der Waals surface area contributed by atoms with Crippen LogP contribution in [0.25, 0.3) is 0 Å². The van der Waals surface area contributed by atoms with E-state index < -0.39 is 0 Å². The monoisotopic (exact) mass is 309 g/mol. The van der Waals surface area contributed by atoms with Crippen LogP contribution in [0.4, 0.5) is 5.69 Å². The molecular formula is C14H16BrNO2. The van der Waals surface area contributed by atoms with Crippen molar-refractivity contribution in [2.24, 2.45) is 0 Å². The Morgan fingerprint density at radius 2 is 2.17 bits per heavy atom. The van der Waals surface area contributed by atoms with E-state index in [2.05, 4.69) is 28.2 Å². The lowest BCUT2D eigenvalue weighted by atomic mass is 10.2. The summed E-state index contributed by atoms with van der Waals surface area (Å²) in [5.74, 6) is 1.76. The van der Waals surface area contributed by atoms with Gasteiger partial charge in [-0.05, 0) is 54.0 Å². The van der Waals surface area contributed by atoms with E-state index in [1.807, 2.05) is 43.3 Å². The highest BCUT2D eigenvalue weighted by atomic mass is 79.9. The predicted molar refractivity (Wildman–Crippen MR) is 76.1 cm³/mol. The fourth-order valence-electron chi connectivity index (χ4n) is 1.72. The van der Waals surface area contributed by atoms with Gasteiger partial charge in [-0.1, -0.05) is 6.07 Å². The fraction of sp³-hybridized carbons (Fsp3) is 0.286. The molecule has 1 heterocycles. The highest BCUT2D eigenvalue weighted by Crippen LogP contribution is 2.25. The molecule has 0 amide bonds. The van der Waals surface area contributed by atoms with Gasteiger partial charge in [0.2, 0.25) is 0 Å². The van der Waals surface area contributed by atoms with Crippen LogP contribution in [-0.4, -0.2) is 6.61 Å². The molecule has 0 saturated carbocycles. The van der Waals surface area contributed by atoms with Crippen LogP contribution in [0.1, 0.15) is 25.6 Å². The van der Waals surface area contributed by atoms with Crippen molar-refractivity contribution in [1.82, 2.24) is 0 Å². The van der Waals surface area contributed by atoms with Gasteiger partial charge in [0.1, 0.15) is 11.5 Å². The minimum Gasteiger partial charge on any atom is -0.494 e. The van der Waals surface area contributed by atoms with Crippen molar-refractivity contribution in [3.05, 3.63) is 46.8 Å². The first kappa shape index (κ1) is 13.0. The molecule has 0 aliphatic rings. The Balaban J connectivity index is 2.06. The number of rotatable bonds is 5. The summed E-state index contributed by atoms with van der Waals surface area (Å²) < 4.78 is 11.7. The molecule has 1 aromatic carbocycles. The fourth-order valence-corrected chi connectivity index (χ4v) is 2.04. The van der Waals surface area contributed by atoms with Gasteiger partial charge in [0.25, 0.3) is 0 Å². The third kappa shape index (κ3) is 3.29. The summed E-state index contributed by atoms with van der Waals surface area (Å²) in [6.07, 6.45) is 0. The van der Waals surface area contributed by atoms with Crippen molar-refractivity contribution in [3.8, 4) is 5.75 Å². The van der Waals surface area contributed by atoms with Crippen molar-refractivity contribution in [2.75, 3.05) is 11.9 Å². The highest BCUT2D eigenvalue weighted by molar-refractivity contribution is 9.10. The van der Waals surface area contributed by atoms with E-state index in [4.69, 9.17) is 9.15 Å². The van der Waals surface area contributed by atoms with E-state index in [9.17, 15) is 0 Å². The molecular weight excluding hydrogens is 294 g/mol. The van der Waals surface area contributed by atoms with E-state index in [0.717, 1.165) is 21.9 Å². The maximum Gasteiger partial charge on any atom is 0.169 e. The first-order chi connectivity index (χ1) is 8.69. The zero-order valence-corrected chi connectivity index (χ0v) is 12.0.